The van der Waals surface area contributed by atoms with E-state index in [2.05, 4.69) is 15.0 Å². The average molecular weight is 314 g/mol. The molecule has 0 amide bonds. The third-order valence-corrected chi connectivity index (χ3v) is 3.96. The van der Waals surface area contributed by atoms with Gasteiger partial charge in [-0.1, -0.05) is 6.07 Å². The molecule has 0 radical (unpaired) electrons. The summed E-state index contributed by atoms with van der Waals surface area (Å²) in [5.74, 6) is -0.399. The second kappa shape index (κ2) is 5.98. The van der Waals surface area contributed by atoms with Gasteiger partial charge in [0.25, 0.3) is 0 Å². The molecule has 0 saturated carbocycles. The van der Waals surface area contributed by atoms with Crippen molar-refractivity contribution in [3.05, 3.63) is 54.4 Å². The first-order chi connectivity index (χ1) is 10.7. The van der Waals surface area contributed by atoms with Crippen LogP contribution in [0.2, 0.25) is 0 Å². The van der Waals surface area contributed by atoms with Gasteiger partial charge in [0.1, 0.15) is 16.5 Å². The number of halogens is 1. The summed E-state index contributed by atoms with van der Waals surface area (Å²) in [6.45, 7) is 0. The van der Waals surface area contributed by atoms with Crippen molar-refractivity contribution >= 4 is 17.2 Å². The predicted molar refractivity (Wildman–Crippen MR) is 82.4 cm³/mol. The number of hydrogen-bond donors (Lipinski definition) is 1. The molecule has 0 aliphatic rings. The van der Waals surface area contributed by atoms with Gasteiger partial charge in [0.15, 0.2) is 0 Å². The van der Waals surface area contributed by atoms with E-state index in [4.69, 9.17) is 10.1 Å². The lowest BCUT2D eigenvalue weighted by atomic mass is 10.3. The minimum Gasteiger partial charge on any atom is -0.480 e. The second-order valence-electron chi connectivity index (χ2n) is 4.36. The zero-order valence-electron chi connectivity index (χ0n) is 11.6. The third-order valence-electron chi connectivity index (χ3n) is 2.90. The van der Waals surface area contributed by atoms with E-state index in [1.807, 2.05) is 6.07 Å². The molecule has 7 heteroatoms. The van der Waals surface area contributed by atoms with Gasteiger partial charge in [0.2, 0.25) is 5.90 Å². The molecule has 0 aromatic carbocycles. The number of ether oxygens (including phenoxy) is 1. The van der Waals surface area contributed by atoms with Crippen molar-refractivity contribution < 1.29 is 9.13 Å². The van der Waals surface area contributed by atoms with Gasteiger partial charge in [0, 0.05) is 18.0 Å². The summed E-state index contributed by atoms with van der Waals surface area (Å²) in [5, 5.41) is 8.32. The number of nitrogens with one attached hydrogen (secondary N) is 1. The van der Waals surface area contributed by atoms with Gasteiger partial charge >= 0.3 is 0 Å². The molecule has 3 heterocycles. The normalized spacial score (nSPS) is 10.5. The zero-order chi connectivity index (χ0) is 15.5. The lowest BCUT2D eigenvalue weighted by Crippen LogP contribution is -2.04. The minimum absolute atomic E-state index is 0.000851. The van der Waals surface area contributed by atoms with Crippen LogP contribution in [0.4, 0.5) is 4.39 Å². The molecule has 0 saturated heterocycles. The minimum atomic E-state index is -0.400. The van der Waals surface area contributed by atoms with E-state index in [-0.39, 0.29) is 5.90 Å². The number of nitrogens with zero attached hydrogens (tertiary/aromatic N) is 3. The van der Waals surface area contributed by atoms with Gasteiger partial charge in [-0.05, 0) is 18.2 Å². The van der Waals surface area contributed by atoms with E-state index in [0.29, 0.717) is 22.0 Å². The first-order valence-corrected chi connectivity index (χ1v) is 7.16. The van der Waals surface area contributed by atoms with E-state index < -0.39 is 5.82 Å². The molecule has 0 fully saturated rings. The lowest BCUT2D eigenvalue weighted by molar-refractivity contribution is 0.399. The Kier molecular flexibility index (Phi) is 3.88. The topological polar surface area (TPSA) is 71.8 Å². The smallest absolute Gasteiger partial charge is 0.232 e. The number of methoxy groups -OCH3 is 1. The van der Waals surface area contributed by atoms with Gasteiger partial charge in [-0.3, -0.25) is 10.4 Å². The van der Waals surface area contributed by atoms with E-state index in [0.717, 1.165) is 11.1 Å². The van der Waals surface area contributed by atoms with Crippen LogP contribution in [0.5, 0.6) is 0 Å². The Morgan fingerprint density at radius 3 is 2.91 bits per heavy atom. The van der Waals surface area contributed by atoms with Gasteiger partial charge in [-0.25, -0.2) is 14.4 Å². The first kappa shape index (κ1) is 14.3. The molecule has 1 N–H and O–H groups in total. The van der Waals surface area contributed by atoms with Crippen LogP contribution < -0.4 is 0 Å². The lowest BCUT2D eigenvalue weighted by Gasteiger charge is -2.02. The molecule has 110 valence electrons. The summed E-state index contributed by atoms with van der Waals surface area (Å²) < 4.78 is 18.1. The van der Waals surface area contributed by atoms with Crippen molar-refractivity contribution in [1.29, 1.82) is 5.41 Å². The van der Waals surface area contributed by atoms with Crippen molar-refractivity contribution in [3.8, 4) is 21.1 Å². The maximum absolute atomic E-state index is 13.2. The Hall–Kier alpha value is -2.67. The molecule has 0 atom stereocenters. The van der Waals surface area contributed by atoms with Gasteiger partial charge in [-0.2, -0.15) is 0 Å². The quantitative estimate of drug-likeness (QED) is 0.594. The van der Waals surface area contributed by atoms with Crippen LogP contribution in [0.25, 0.3) is 21.1 Å². The summed E-state index contributed by atoms with van der Waals surface area (Å²) in [5.41, 5.74) is 1.76. The molecule has 0 spiro atoms. The fourth-order valence-electron chi connectivity index (χ4n) is 1.86. The van der Waals surface area contributed by atoms with E-state index in [9.17, 15) is 4.39 Å². The van der Waals surface area contributed by atoms with E-state index >= 15 is 0 Å². The fourth-order valence-corrected chi connectivity index (χ4v) is 2.72. The van der Waals surface area contributed by atoms with Crippen LogP contribution in [-0.4, -0.2) is 28.0 Å². The highest BCUT2D eigenvalue weighted by molar-refractivity contribution is 7.18. The Morgan fingerprint density at radius 1 is 1.27 bits per heavy atom. The largest absolute Gasteiger partial charge is 0.480 e. The fraction of sp³-hybridized carbons (Fsp3) is 0.0667. The molecular formula is C15H11FN4OS. The maximum atomic E-state index is 13.2. The summed E-state index contributed by atoms with van der Waals surface area (Å²) in [4.78, 5) is 13.3. The van der Waals surface area contributed by atoms with Crippen LogP contribution in [0, 0.1) is 11.2 Å². The predicted octanol–water partition coefficient (Wildman–Crippen LogP) is 3.38. The van der Waals surface area contributed by atoms with Crippen molar-refractivity contribution in [2.24, 2.45) is 0 Å². The average Bonchev–Trinajstić information content (AvgIpc) is 3.04. The molecule has 0 bridgehead atoms. The molecular weight excluding hydrogens is 303 g/mol. The Bertz CT molecular complexity index is 834. The van der Waals surface area contributed by atoms with Crippen molar-refractivity contribution in [2.45, 2.75) is 0 Å². The zero-order valence-corrected chi connectivity index (χ0v) is 12.4. The summed E-state index contributed by atoms with van der Waals surface area (Å²) in [6, 6.07) is 6.72. The molecule has 3 aromatic heterocycles. The molecule has 5 nitrogen and oxygen atoms in total. The Morgan fingerprint density at radius 2 is 2.14 bits per heavy atom. The van der Waals surface area contributed by atoms with Crippen LogP contribution >= 0.6 is 11.3 Å². The monoisotopic (exact) mass is 314 g/mol. The molecule has 22 heavy (non-hydrogen) atoms. The van der Waals surface area contributed by atoms with Crippen molar-refractivity contribution in [2.75, 3.05) is 7.11 Å². The molecule has 3 rings (SSSR count). The third kappa shape index (κ3) is 2.84. The molecule has 0 unspecified atom stereocenters. The van der Waals surface area contributed by atoms with Crippen LogP contribution in [0.1, 0.15) is 5.69 Å². The SMILES string of the molecule is COC(=N)c1cccc(-c2cnc(-c3cncc(F)c3)s2)n1. The number of aromatic nitrogens is 3. The van der Waals surface area contributed by atoms with Crippen LogP contribution in [0.15, 0.2) is 42.9 Å². The summed E-state index contributed by atoms with van der Waals surface area (Å²) >= 11 is 1.38. The number of hydrogen-bond acceptors (Lipinski definition) is 6. The summed E-state index contributed by atoms with van der Waals surface area (Å²) in [6.07, 6.45) is 4.39. The second-order valence-corrected chi connectivity index (χ2v) is 5.39. The highest BCUT2D eigenvalue weighted by Crippen LogP contribution is 2.31. The number of rotatable bonds is 3. The van der Waals surface area contributed by atoms with Crippen molar-refractivity contribution in [3.63, 3.8) is 0 Å². The standard InChI is InChI=1S/C15H11FN4OS/c1-21-14(17)12-4-2-3-11(20-12)13-8-19-15(22-13)9-5-10(16)7-18-6-9/h2-8,17H,1H3. The number of pyridine rings is 2. The number of thiazole rings is 1. The maximum Gasteiger partial charge on any atom is 0.232 e. The Labute approximate surface area is 130 Å². The summed E-state index contributed by atoms with van der Waals surface area (Å²) in [7, 11) is 1.43. The van der Waals surface area contributed by atoms with Crippen LogP contribution in [-0.2, 0) is 4.74 Å². The highest BCUT2D eigenvalue weighted by atomic mass is 32.1. The van der Waals surface area contributed by atoms with Gasteiger partial charge in [-0.15, -0.1) is 11.3 Å². The van der Waals surface area contributed by atoms with E-state index in [1.54, 1.807) is 24.5 Å². The molecule has 3 aromatic rings. The van der Waals surface area contributed by atoms with Crippen molar-refractivity contribution in [1.82, 2.24) is 15.0 Å². The van der Waals surface area contributed by atoms with Gasteiger partial charge in [0.05, 0.1) is 23.9 Å². The first-order valence-electron chi connectivity index (χ1n) is 6.34. The van der Waals surface area contributed by atoms with E-state index in [1.165, 1.54) is 24.5 Å². The highest BCUT2D eigenvalue weighted by Gasteiger charge is 2.10. The molecule has 0 aliphatic carbocycles. The van der Waals surface area contributed by atoms with Gasteiger partial charge < -0.3 is 4.74 Å². The molecule has 0 aliphatic heterocycles. The Balaban J connectivity index is 1.96. The van der Waals surface area contributed by atoms with Crippen LogP contribution in [0.3, 0.4) is 0 Å².